The second kappa shape index (κ2) is 3.48. The molecule has 0 spiro atoms. The molecule has 0 N–H and O–H groups in total. The minimum Gasteiger partial charge on any atom is -0.258 e. The van der Waals surface area contributed by atoms with E-state index in [4.69, 9.17) is 0 Å². The number of hydrogen-bond acceptors (Lipinski definition) is 3. The van der Waals surface area contributed by atoms with Gasteiger partial charge in [0.1, 0.15) is 5.69 Å². The number of nitro benzene ring substituents is 1. The van der Waals surface area contributed by atoms with Crippen LogP contribution in [0.2, 0.25) is 0 Å². The Labute approximate surface area is 74.4 Å². The van der Waals surface area contributed by atoms with Crippen LogP contribution in [0.1, 0.15) is 0 Å². The fourth-order valence-corrected chi connectivity index (χ4v) is 0.801. The highest BCUT2D eigenvalue weighted by Gasteiger charge is 2.24. The van der Waals surface area contributed by atoms with Gasteiger partial charge < -0.3 is 0 Å². The van der Waals surface area contributed by atoms with Crippen LogP contribution in [0.25, 0.3) is 0 Å². The summed E-state index contributed by atoms with van der Waals surface area (Å²) in [5, 5.41) is 8.39. The molecule has 0 saturated heterocycles. The van der Waals surface area contributed by atoms with Gasteiger partial charge in [-0.15, -0.1) is 0 Å². The van der Waals surface area contributed by atoms with E-state index in [2.05, 4.69) is 0 Å². The highest BCUT2D eigenvalue weighted by molar-refractivity contribution is 5.50. The van der Waals surface area contributed by atoms with Crippen LogP contribution in [0.4, 0.5) is 29.1 Å². The number of rotatable bonds is 2. The third-order valence-corrected chi connectivity index (χ3v) is 1.42. The van der Waals surface area contributed by atoms with E-state index >= 15 is 0 Å². The predicted molar refractivity (Wildman–Crippen MR) is 37.7 cm³/mol. The zero-order chi connectivity index (χ0) is 10.9. The van der Waals surface area contributed by atoms with Gasteiger partial charge in [-0.05, 0) is 11.4 Å². The maximum absolute atomic E-state index is 12.7. The summed E-state index contributed by atoms with van der Waals surface area (Å²) in [6.07, 6.45) is 0. The molecule has 0 aromatic heterocycles. The van der Waals surface area contributed by atoms with Gasteiger partial charge in [0.2, 0.25) is 5.82 Å². The molecule has 1 aromatic rings. The molecule has 1 rings (SSSR count). The van der Waals surface area contributed by atoms with Gasteiger partial charge in [-0.25, -0.2) is 4.39 Å². The number of nitro groups is 1. The SMILES string of the molecule is O=[N+]([O-])c1ccc(N(F)F)c(F)c1F. The fraction of sp³-hybridized carbons (Fsp3) is 0. The van der Waals surface area contributed by atoms with Crippen molar-refractivity contribution >= 4 is 11.4 Å². The van der Waals surface area contributed by atoms with Gasteiger partial charge >= 0.3 is 5.69 Å². The number of benzene rings is 1. The van der Waals surface area contributed by atoms with Crippen LogP contribution in [0.3, 0.4) is 0 Å². The summed E-state index contributed by atoms with van der Waals surface area (Å²) in [7, 11) is 0. The smallest absolute Gasteiger partial charge is 0.258 e. The molecule has 14 heavy (non-hydrogen) atoms. The van der Waals surface area contributed by atoms with Crippen molar-refractivity contribution in [1.29, 1.82) is 0 Å². The Hall–Kier alpha value is -1.86. The van der Waals surface area contributed by atoms with Crippen LogP contribution >= 0.6 is 0 Å². The molecule has 1 aromatic carbocycles. The van der Waals surface area contributed by atoms with Crippen molar-refractivity contribution in [2.45, 2.75) is 0 Å². The molecule has 0 fully saturated rings. The summed E-state index contributed by atoms with van der Waals surface area (Å²) >= 11 is 0. The third kappa shape index (κ3) is 1.58. The summed E-state index contributed by atoms with van der Waals surface area (Å²) in [6.45, 7) is 0. The molecule has 4 nitrogen and oxygen atoms in total. The van der Waals surface area contributed by atoms with Crippen LogP contribution in [-0.4, -0.2) is 4.92 Å². The average Bonchev–Trinajstić information content (AvgIpc) is 2.08. The molecule has 0 amide bonds. The first kappa shape index (κ1) is 10.2. The van der Waals surface area contributed by atoms with Crippen LogP contribution in [-0.2, 0) is 0 Å². The van der Waals surface area contributed by atoms with E-state index in [1.807, 2.05) is 0 Å². The standard InChI is InChI=1S/C6H2F4N2O2/c7-5-3(11(9)10)1-2-4(6(5)8)12(13)14/h1-2H. The molecular formula is C6H2F4N2O2. The highest BCUT2D eigenvalue weighted by atomic mass is 19.4. The van der Waals surface area contributed by atoms with Gasteiger partial charge in [-0.3, -0.25) is 10.1 Å². The van der Waals surface area contributed by atoms with E-state index < -0.39 is 33.3 Å². The first-order chi connectivity index (χ1) is 6.45. The quantitative estimate of drug-likeness (QED) is 0.326. The van der Waals surface area contributed by atoms with Gasteiger partial charge in [0.25, 0.3) is 0 Å². The summed E-state index contributed by atoms with van der Waals surface area (Å²) in [5.41, 5.74) is -2.54. The predicted octanol–water partition coefficient (Wildman–Crippen LogP) is 2.45. The van der Waals surface area contributed by atoms with Crippen molar-refractivity contribution in [2.75, 3.05) is 5.34 Å². The van der Waals surface area contributed by atoms with E-state index in [9.17, 15) is 27.9 Å². The molecule has 76 valence electrons. The lowest BCUT2D eigenvalue weighted by Crippen LogP contribution is -2.03. The number of hydrogen-bond donors (Lipinski definition) is 0. The number of halogens is 4. The molecular weight excluding hydrogens is 208 g/mol. The van der Waals surface area contributed by atoms with Crippen molar-refractivity contribution in [1.82, 2.24) is 0 Å². The molecule has 0 aliphatic carbocycles. The minimum atomic E-state index is -1.95. The normalized spacial score (nSPS) is 10.0. The molecule has 0 atom stereocenters. The van der Waals surface area contributed by atoms with Crippen molar-refractivity contribution in [3.05, 3.63) is 33.9 Å². The van der Waals surface area contributed by atoms with Crippen LogP contribution in [0.5, 0.6) is 0 Å². The minimum absolute atomic E-state index is 0.413. The summed E-state index contributed by atoms with van der Waals surface area (Å²) in [6, 6.07) is 0.871. The van der Waals surface area contributed by atoms with Crippen LogP contribution in [0.15, 0.2) is 12.1 Å². The zero-order valence-electron chi connectivity index (χ0n) is 6.38. The highest BCUT2D eigenvalue weighted by Crippen LogP contribution is 2.28. The molecule has 0 aliphatic rings. The summed E-state index contributed by atoms with van der Waals surface area (Å²) in [4.78, 5) is 8.85. The molecule has 0 bridgehead atoms. The Morgan fingerprint density at radius 1 is 1.21 bits per heavy atom. The van der Waals surface area contributed by atoms with E-state index in [0.717, 1.165) is 0 Å². The van der Waals surface area contributed by atoms with E-state index in [1.54, 1.807) is 0 Å². The van der Waals surface area contributed by atoms with Gasteiger partial charge in [0.05, 0.1) is 4.92 Å². The maximum Gasteiger partial charge on any atom is 0.308 e. The van der Waals surface area contributed by atoms with Crippen molar-refractivity contribution in [2.24, 2.45) is 0 Å². The second-order valence-corrected chi connectivity index (χ2v) is 2.22. The molecule has 0 saturated carbocycles. The lowest BCUT2D eigenvalue weighted by Gasteiger charge is -2.03. The largest absolute Gasteiger partial charge is 0.308 e. The lowest BCUT2D eigenvalue weighted by atomic mass is 10.2. The van der Waals surface area contributed by atoms with Crippen molar-refractivity contribution in [3.63, 3.8) is 0 Å². The zero-order valence-corrected chi connectivity index (χ0v) is 6.38. The second-order valence-electron chi connectivity index (χ2n) is 2.22. The van der Waals surface area contributed by atoms with Gasteiger partial charge in [-0.1, -0.05) is 8.96 Å². The van der Waals surface area contributed by atoms with Crippen molar-refractivity contribution < 1.29 is 22.7 Å². The van der Waals surface area contributed by atoms with E-state index in [-0.39, 0.29) is 0 Å². The maximum atomic E-state index is 12.7. The molecule has 8 heteroatoms. The lowest BCUT2D eigenvalue weighted by molar-refractivity contribution is -0.387. The monoisotopic (exact) mass is 210 g/mol. The number of anilines is 1. The third-order valence-electron chi connectivity index (χ3n) is 1.42. The Morgan fingerprint density at radius 3 is 2.21 bits per heavy atom. The Morgan fingerprint density at radius 2 is 1.79 bits per heavy atom. The first-order valence-electron chi connectivity index (χ1n) is 3.19. The average molecular weight is 210 g/mol. The van der Waals surface area contributed by atoms with Gasteiger partial charge in [0.15, 0.2) is 5.82 Å². The summed E-state index contributed by atoms with van der Waals surface area (Å²) in [5.74, 6) is -3.86. The van der Waals surface area contributed by atoms with Crippen molar-refractivity contribution in [3.8, 4) is 0 Å². The summed E-state index contributed by atoms with van der Waals surface area (Å²) < 4.78 is 49.0. The van der Waals surface area contributed by atoms with E-state index in [0.29, 0.717) is 12.1 Å². The van der Waals surface area contributed by atoms with Gasteiger partial charge in [-0.2, -0.15) is 4.39 Å². The molecule has 0 unspecified atom stereocenters. The van der Waals surface area contributed by atoms with Crippen LogP contribution < -0.4 is 5.34 Å². The van der Waals surface area contributed by atoms with E-state index in [1.165, 1.54) is 0 Å². The Kier molecular flexibility index (Phi) is 2.54. The molecule has 0 aliphatic heterocycles. The van der Waals surface area contributed by atoms with Gasteiger partial charge in [0, 0.05) is 6.07 Å². The fourth-order valence-electron chi connectivity index (χ4n) is 0.801. The van der Waals surface area contributed by atoms with Crippen LogP contribution in [0, 0.1) is 21.7 Å². The number of nitrogens with zero attached hydrogens (tertiary/aromatic N) is 2. The topological polar surface area (TPSA) is 46.4 Å². The Balaban J connectivity index is 3.33. The first-order valence-corrected chi connectivity index (χ1v) is 3.19. The Bertz CT molecular complexity index is 382. The molecule has 0 radical (unpaired) electrons. The molecule has 0 heterocycles.